The van der Waals surface area contributed by atoms with Crippen LogP contribution in [0.5, 0.6) is 0 Å². The molecule has 2 aromatic rings. The molecule has 1 aromatic heterocycles. The number of aromatic amines is 1. The number of rotatable bonds is 2. The molecule has 3 heteroatoms. The van der Waals surface area contributed by atoms with E-state index in [2.05, 4.69) is 20.9 Å². The van der Waals surface area contributed by atoms with Gasteiger partial charge in [0.25, 0.3) is 0 Å². The normalized spacial score (nSPS) is 10.7. The number of aromatic nitrogens is 1. The van der Waals surface area contributed by atoms with Gasteiger partial charge in [-0.2, -0.15) is 0 Å². The molecule has 18 heavy (non-hydrogen) atoms. The average Bonchev–Trinajstić information content (AvgIpc) is 2.56. The van der Waals surface area contributed by atoms with Gasteiger partial charge in [0.1, 0.15) is 0 Å². The summed E-state index contributed by atoms with van der Waals surface area (Å²) >= 11 is 3.46. The average molecular weight is 306 g/mol. The van der Waals surface area contributed by atoms with Gasteiger partial charge in [0.15, 0.2) is 0 Å². The first kappa shape index (κ1) is 13.1. The van der Waals surface area contributed by atoms with Crippen LogP contribution in [0.15, 0.2) is 22.7 Å². The Bertz CT molecular complexity index is 626. The largest absolute Gasteiger partial charge is 0.356 e. The molecule has 0 unspecified atom stereocenters. The van der Waals surface area contributed by atoms with E-state index in [0.29, 0.717) is 11.3 Å². The van der Waals surface area contributed by atoms with Crippen molar-refractivity contribution in [3.8, 4) is 0 Å². The van der Waals surface area contributed by atoms with Crippen LogP contribution in [0, 0.1) is 27.7 Å². The van der Waals surface area contributed by atoms with Gasteiger partial charge >= 0.3 is 0 Å². The number of carbonyl (C=O) groups excluding carboxylic acids is 1. The van der Waals surface area contributed by atoms with Gasteiger partial charge in [-0.3, -0.25) is 4.79 Å². The summed E-state index contributed by atoms with van der Waals surface area (Å²) in [5, 5.41) is 0. The monoisotopic (exact) mass is 305 g/mol. The minimum Gasteiger partial charge on any atom is -0.356 e. The molecule has 0 radical (unpaired) electrons. The number of carbonyl (C=O) groups is 1. The van der Waals surface area contributed by atoms with Gasteiger partial charge in [-0.05, 0) is 56.5 Å². The Morgan fingerprint density at radius 3 is 2.28 bits per heavy atom. The fraction of sp³-hybridized carbons (Fsp3) is 0.267. The zero-order valence-electron chi connectivity index (χ0n) is 11.0. The van der Waals surface area contributed by atoms with Gasteiger partial charge in [-0.1, -0.05) is 22.0 Å². The Balaban J connectivity index is 2.51. The molecule has 0 aliphatic rings. The highest BCUT2D eigenvalue weighted by atomic mass is 79.9. The summed E-state index contributed by atoms with van der Waals surface area (Å²) in [5.74, 6) is 0.0376. The molecule has 0 aliphatic heterocycles. The molecular weight excluding hydrogens is 290 g/mol. The highest BCUT2D eigenvalue weighted by Crippen LogP contribution is 2.24. The van der Waals surface area contributed by atoms with Crippen LogP contribution in [-0.4, -0.2) is 10.8 Å². The molecule has 2 rings (SSSR count). The lowest BCUT2D eigenvalue weighted by molar-refractivity contribution is 0.103. The summed E-state index contributed by atoms with van der Waals surface area (Å²) in [6.45, 7) is 8.01. The molecule has 0 saturated carbocycles. The van der Waals surface area contributed by atoms with Crippen molar-refractivity contribution in [1.29, 1.82) is 0 Å². The van der Waals surface area contributed by atoms with Crippen molar-refractivity contribution in [2.45, 2.75) is 27.7 Å². The van der Waals surface area contributed by atoms with Gasteiger partial charge in [0.05, 0.1) is 5.69 Å². The molecular formula is C15H16BrNO. The number of aryl methyl sites for hydroxylation is 2. The summed E-state index contributed by atoms with van der Waals surface area (Å²) in [4.78, 5) is 15.7. The summed E-state index contributed by atoms with van der Waals surface area (Å²) in [6.07, 6.45) is 0. The summed E-state index contributed by atoms with van der Waals surface area (Å²) < 4.78 is 0.844. The van der Waals surface area contributed by atoms with Crippen LogP contribution >= 0.6 is 15.9 Å². The Morgan fingerprint density at radius 1 is 1.11 bits per heavy atom. The fourth-order valence-corrected chi connectivity index (χ4v) is 2.68. The van der Waals surface area contributed by atoms with E-state index in [4.69, 9.17) is 0 Å². The van der Waals surface area contributed by atoms with Crippen molar-refractivity contribution in [3.63, 3.8) is 0 Å². The van der Waals surface area contributed by atoms with E-state index >= 15 is 0 Å². The zero-order chi connectivity index (χ0) is 13.4. The van der Waals surface area contributed by atoms with Crippen LogP contribution in [-0.2, 0) is 0 Å². The third kappa shape index (κ3) is 2.15. The lowest BCUT2D eigenvalue weighted by Gasteiger charge is -2.04. The van der Waals surface area contributed by atoms with Crippen LogP contribution in [0.2, 0.25) is 0 Å². The van der Waals surface area contributed by atoms with E-state index in [0.717, 1.165) is 26.9 Å². The van der Waals surface area contributed by atoms with Crippen LogP contribution in [0.25, 0.3) is 0 Å². The number of hydrogen-bond acceptors (Lipinski definition) is 1. The molecule has 1 aromatic carbocycles. The summed E-state index contributed by atoms with van der Waals surface area (Å²) in [5.41, 5.74) is 5.76. The maximum absolute atomic E-state index is 12.5. The predicted molar refractivity (Wildman–Crippen MR) is 77.3 cm³/mol. The van der Waals surface area contributed by atoms with Gasteiger partial charge < -0.3 is 4.98 Å². The number of H-pyrrole nitrogens is 1. The van der Waals surface area contributed by atoms with Gasteiger partial charge in [-0.15, -0.1) is 0 Å². The molecule has 0 spiro atoms. The van der Waals surface area contributed by atoms with Crippen LogP contribution in [0.3, 0.4) is 0 Å². The molecule has 2 nitrogen and oxygen atoms in total. The number of nitrogens with one attached hydrogen (secondary N) is 1. The van der Waals surface area contributed by atoms with Crippen molar-refractivity contribution < 1.29 is 4.79 Å². The topological polar surface area (TPSA) is 32.9 Å². The standard InChI is InChI=1S/C15H16BrNO/c1-8-5-6-12(13(16)7-8)15(18)14-10(3)9(2)11(4)17-14/h5-7,17H,1-4H3. The Labute approximate surface area is 116 Å². The second kappa shape index (κ2) is 4.73. The second-order valence-corrected chi connectivity index (χ2v) is 5.54. The first-order valence-corrected chi connectivity index (χ1v) is 6.67. The molecule has 0 atom stereocenters. The SMILES string of the molecule is Cc1ccc(C(=O)c2[nH]c(C)c(C)c2C)c(Br)c1. The van der Waals surface area contributed by atoms with Crippen molar-refractivity contribution in [1.82, 2.24) is 4.98 Å². The quantitative estimate of drug-likeness (QED) is 0.827. The first-order valence-electron chi connectivity index (χ1n) is 5.88. The molecule has 0 fully saturated rings. The van der Waals surface area contributed by atoms with Crippen LogP contribution < -0.4 is 0 Å². The smallest absolute Gasteiger partial charge is 0.210 e. The molecule has 1 N–H and O–H groups in total. The van der Waals surface area contributed by atoms with E-state index in [1.165, 1.54) is 0 Å². The maximum Gasteiger partial charge on any atom is 0.210 e. The molecule has 0 bridgehead atoms. The number of hydrogen-bond donors (Lipinski definition) is 1. The third-order valence-corrected chi connectivity index (χ3v) is 4.06. The molecule has 0 saturated heterocycles. The Hall–Kier alpha value is -1.35. The Morgan fingerprint density at radius 2 is 1.78 bits per heavy atom. The maximum atomic E-state index is 12.5. The van der Waals surface area contributed by atoms with E-state index in [-0.39, 0.29) is 5.78 Å². The lowest BCUT2D eigenvalue weighted by atomic mass is 10.0. The van der Waals surface area contributed by atoms with Crippen molar-refractivity contribution in [3.05, 3.63) is 56.3 Å². The predicted octanol–water partition coefficient (Wildman–Crippen LogP) is 4.24. The number of ketones is 1. The van der Waals surface area contributed by atoms with Gasteiger partial charge in [0, 0.05) is 15.7 Å². The third-order valence-electron chi connectivity index (χ3n) is 3.41. The second-order valence-electron chi connectivity index (χ2n) is 4.69. The molecule has 1 heterocycles. The van der Waals surface area contributed by atoms with Crippen LogP contribution in [0.4, 0.5) is 0 Å². The van der Waals surface area contributed by atoms with E-state index in [9.17, 15) is 4.79 Å². The van der Waals surface area contributed by atoms with E-state index in [1.54, 1.807) is 0 Å². The number of benzene rings is 1. The van der Waals surface area contributed by atoms with Gasteiger partial charge in [0.2, 0.25) is 5.78 Å². The number of halogens is 1. The summed E-state index contributed by atoms with van der Waals surface area (Å²) in [6, 6.07) is 5.79. The van der Waals surface area contributed by atoms with Crippen molar-refractivity contribution >= 4 is 21.7 Å². The highest BCUT2D eigenvalue weighted by molar-refractivity contribution is 9.10. The lowest BCUT2D eigenvalue weighted by Crippen LogP contribution is -2.05. The van der Waals surface area contributed by atoms with E-state index < -0.39 is 0 Å². The van der Waals surface area contributed by atoms with Crippen molar-refractivity contribution in [2.75, 3.05) is 0 Å². The minimum absolute atomic E-state index is 0.0376. The van der Waals surface area contributed by atoms with E-state index in [1.807, 2.05) is 45.9 Å². The molecule has 0 aliphatic carbocycles. The highest BCUT2D eigenvalue weighted by Gasteiger charge is 2.18. The zero-order valence-corrected chi connectivity index (χ0v) is 12.6. The van der Waals surface area contributed by atoms with Crippen LogP contribution in [0.1, 0.15) is 38.4 Å². The Kier molecular flexibility index (Phi) is 3.44. The van der Waals surface area contributed by atoms with Gasteiger partial charge in [-0.25, -0.2) is 0 Å². The van der Waals surface area contributed by atoms with Crippen molar-refractivity contribution in [2.24, 2.45) is 0 Å². The minimum atomic E-state index is 0.0376. The summed E-state index contributed by atoms with van der Waals surface area (Å²) in [7, 11) is 0. The fourth-order valence-electron chi connectivity index (χ4n) is 2.01. The molecule has 0 amide bonds. The molecule has 94 valence electrons. The first-order chi connectivity index (χ1) is 8.41.